The monoisotopic (exact) mass is 449 g/mol. The van der Waals surface area contributed by atoms with Crippen molar-refractivity contribution in [2.45, 2.75) is 88.4 Å². The largest absolute Gasteiger partial charge is 0.369 e. The Labute approximate surface area is 192 Å². The van der Waals surface area contributed by atoms with Gasteiger partial charge in [0.05, 0.1) is 18.4 Å². The Morgan fingerprint density at radius 3 is 2.62 bits per heavy atom. The Bertz CT molecular complexity index is 623. The second kappa shape index (κ2) is 10.6. The van der Waals surface area contributed by atoms with Crippen LogP contribution in [0.1, 0.15) is 57.8 Å². The average Bonchev–Trinajstić information content (AvgIpc) is 3.49. The minimum Gasteiger partial charge on any atom is -0.369 e. The second-order valence-corrected chi connectivity index (χ2v) is 10.6. The molecule has 0 aromatic rings. The molecular formula is C23H43N7O2. The number of likely N-dealkylation sites (tertiary alicyclic amines) is 2. The lowest BCUT2D eigenvalue weighted by atomic mass is 9.90. The van der Waals surface area contributed by atoms with Gasteiger partial charge in [-0.2, -0.15) is 5.48 Å². The van der Waals surface area contributed by atoms with Crippen LogP contribution in [-0.2, 0) is 9.63 Å². The number of hydrogen-bond acceptors (Lipinski definition) is 8. The van der Waals surface area contributed by atoms with Crippen molar-refractivity contribution < 1.29 is 9.63 Å². The number of nitrogens with zero attached hydrogens (tertiary/aromatic N) is 2. The number of nitrogens with two attached hydrogens (primary N) is 1. The Morgan fingerprint density at radius 2 is 1.84 bits per heavy atom. The van der Waals surface area contributed by atoms with Gasteiger partial charge in [-0.3, -0.25) is 24.7 Å². The van der Waals surface area contributed by atoms with E-state index in [0.717, 1.165) is 51.9 Å². The molecule has 32 heavy (non-hydrogen) atoms. The molecule has 5 rings (SSSR count). The zero-order valence-electron chi connectivity index (χ0n) is 19.4. The maximum atomic E-state index is 11.5. The zero-order chi connectivity index (χ0) is 21.9. The van der Waals surface area contributed by atoms with Crippen LogP contribution < -0.4 is 27.2 Å². The van der Waals surface area contributed by atoms with Crippen molar-refractivity contribution >= 4 is 5.91 Å². The van der Waals surface area contributed by atoms with Gasteiger partial charge in [-0.05, 0) is 76.9 Å². The molecule has 182 valence electrons. The van der Waals surface area contributed by atoms with Gasteiger partial charge in [-0.25, -0.2) is 0 Å². The summed E-state index contributed by atoms with van der Waals surface area (Å²) >= 11 is 0. The van der Waals surface area contributed by atoms with Crippen molar-refractivity contribution in [2.75, 3.05) is 39.3 Å². The van der Waals surface area contributed by atoms with Gasteiger partial charge in [0, 0.05) is 31.6 Å². The molecule has 5 aliphatic heterocycles. The highest BCUT2D eigenvalue weighted by Crippen LogP contribution is 2.29. The molecule has 6 atom stereocenters. The van der Waals surface area contributed by atoms with Gasteiger partial charge in [0.25, 0.3) is 0 Å². The number of carbonyl (C=O) groups is 1. The van der Waals surface area contributed by atoms with Crippen molar-refractivity contribution in [1.29, 1.82) is 0 Å². The summed E-state index contributed by atoms with van der Waals surface area (Å²) in [6, 6.07) is 1.10. The van der Waals surface area contributed by atoms with E-state index in [9.17, 15) is 4.79 Å². The number of carbonyl (C=O) groups excluding carboxylic acids is 1. The predicted molar refractivity (Wildman–Crippen MR) is 123 cm³/mol. The first-order chi connectivity index (χ1) is 15.7. The lowest BCUT2D eigenvalue weighted by Crippen LogP contribution is -2.57. The number of hydrogen-bond donors (Lipinski definition) is 5. The third-order valence-corrected chi connectivity index (χ3v) is 8.56. The fourth-order valence-corrected chi connectivity index (χ4v) is 6.60. The molecule has 0 spiro atoms. The molecule has 5 fully saturated rings. The van der Waals surface area contributed by atoms with Crippen LogP contribution in [0, 0.1) is 11.8 Å². The summed E-state index contributed by atoms with van der Waals surface area (Å²) in [5.74, 6) is 0.452. The minimum atomic E-state index is -0.137. The third kappa shape index (κ3) is 5.29. The van der Waals surface area contributed by atoms with Gasteiger partial charge in [0.15, 0.2) is 0 Å². The molecule has 9 heteroatoms. The van der Waals surface area contributed by atoms with Crippen molar-refractivity contribution in [2.24, 2.45) is 17.6 Å². The summed E-state index contributed by atoms with van der Waals surface area (Å²) in [6.45, 7) is 6.43. The first-order valence-corrected chi connectivity index (χ1v) is 13.1. The SMILES string of the molecule is NC(=O)C1CCN(C2CC(C3NOC([C@@H]4CCCN4CC4CCCCN4)N3)CCN2)CC1. The Hall–Kier alpha value is -0.810. The van der Waals surface area contributed by atoms with Gasteiger partial charge in [0.2, 0.25) is 5.91 Å². The highest BCUT2D eigenvalue weighted by atomic mass is 16.7. The van der Waals surface area contributed by atoms with Gasteiger partial charge in [-0.1, -0.05) is 6.42 Å². The maximum Gasteiger partial charge on any atom is 0.220 e. The van der Waals surface area contributed by atoms with Gasteiger partial charge in [-0.15, -0.1) is 0 Å². The number of hydroxylamine groups is 1. The lowest BCUT2D eigenvalue weighted by Gasteiger charge is -2.42. The van der Waals surface area contributed by atoms with Crippen LogP contribution in [0.2, 0.25) is 0 Å². The summed E-state index contributed by atoms with van der Waals surface area (Å²) in [6.07, 6.45) is 11.1. The van der Waals surface area contributed by atoms with E-state index in [-0.39, 0.29) is 24.2 Å². The molecule has 0 aromatic heterocycles. The van der Waals surface area contributed by atoms with Crippen LogP contribution in [0.4, 0.5) is 0 Å². The molecule has 5 aliphatic rings. The molecule has 1 amide bonds. The van der Waals surface area contributed by atoms with Gasteiger partial charge in [0.1, 0.15) is 6.23 Å². The molecule has 5 unspecified atom stereocenters. The Kier molecular flexibility index (Phi) is 7.63. The molecule has 0 aromatic carbocycles. The maximum absolute atomic E-state index is 11.5. The summed E-state index contributed by atoms with van der Waals surface area (Å²) in [4.78, 5) is 22.8. The summed E-state index contributed by atoms with van der Waals surface area (Å²) in [7, 11) is 0. The molecule has 0 bridgehead atoms. The first-order valence-electron chi connectivity index (χ1n) is 13.1. The quantitative estimate of drug-likeness (QED) is 0.383. The molecule has 6 N–H and O–H groups in total. The van der Waals surface area contributed by atoms with E-state index >= 15 is 0 Å². The van der Waals surface area contributed by atoms with Gasteiger partial charge < -0.3 is 16.4 Å². The van der Waals surface area contributed by atoms with Crippen LogP contribution in [0.5, 0.6) is 0 Å². The number of amides is 1. The number of nitrogens with one attached hydrogen (secondary N) is 4. The third-order valence-electron chi connectivity index (χ3n) is 8.56. The second-order valence-electron chi connectivity index (χ2n) is 10.6. The first kappa shape index (κ1) is 23.0. The molecule has 5 heterocycles. The Morgan fingerprint density at radius 1 is 0.969 bits per heavy atom. The molecule has 0 aliphatic carbocycles. The summed E-state index contributed by atoms with van der Waals surface area (Å²) < 4.78 is 0. The zero-order valence-corrected chi connectivity index (χ0v) is 19.4. The fraction of sp³-hybridized carbons (Fsp3) is 0.957. The van der Waals surface area contributed by atoms with E-state index in [1.54, 1.807) is 0 Å². The van der Waals surface area contributed by atoms with E-state index in [4.69, 9.17) is 10.6 Å². The number of rotatable bonds is 6. The van der Waals surface area contributed by atoms with Crippen LogP contribution in [0.3, 0.4) is 0 Å². The van der Waals surface area contributed by atoms with Crippen molar-refractivity contribution in [3.05, 3.63) is 0 Å². The van der Waals surface area contributed by atoms with Crippen molar-refractivity contribution in [3.63, 3.8) is 0 Å². The predicted octanol–water partition coefficient (Wildman–Crippen LogP) is -0.107. The van der Waals surface area contributed by atoms with Crippen LogP contribution >= 0.6 is 0 Å². The van der Waals surface area contributed by atoms with Gasteiger partial charge >= 0.3 is 0 Å². The highest BCUT2D eigenvalue weighted by Gasteiger charge is 2.42. The molecule has 9 nitrogen and oxygen atoms in total. The van der Waals surface area contributed by atoms with Crippen LogP contribution in [-0.4, -0.2) is 85.6 Å². The number of piperidine rings is 3. The molecule has 5 saturated heterocycles. The Balaban J connectivity index is 1.11. The van der Waals surface area contributed by atoms with Crippen LogP contribution in [0.25, 0.3) is 0 Å². The molecule has 0 radical (unpaired) electrons. The van der Waals surface area contributed by atoms with Crippen molar-refractivity contribution in [3.8, 4) is 0 Å². The summed E-state index contributed by atoms with van der Waals surface area (Å²) in [5.41, 5.74) is 8.87. The van der Waals surface area contributed by atoms with E-state index in [2.05, 4.69) is 31.2 Å². The normalized spacial score (nSPS) is 40.6. The van der Waals surface area contributed by atoms with Crippen molar-refractivity contribution in [1.82, 2.24) is 31.2 Å². The minimum absolute atomic E-state index is 0.0520. The van der Waals surface area contributed by atoms with E-state index < -0.39 is 0 Å². The highest BCUT2D eigenvalue weighted by molar-refractivity contribution is 5.76. The molecule has 0 saturated carbocycles. The standard InChI is InChI=1S/C23H43N7O2/c24-21(31)16-7-12-29(13-8-16)20-14-17(6-10-26-20)22-27-23(32-28-22)19-5-3-11-30(19)15-18-4-1-2-9-25-18/h16-20,22-23,25-28H,1-15H2,(H2,24,31)/t17?,18?,19-,20?,22?,23?/m0/s1. The smallest absolute Gasteiger partial charge is 0.220 e. The lowest BCUT2D eigenvalue weighted by molar-refractivity contribution is -0.123. The fourth-order valence-electron chi connectivity index (χ4n) is 6.60. The summed E-state index contributed by atoms with van der Waals surface area (Å²) in [5, 5.41) is 11.2. The van der Waals surface area contributed by atoms with E-state index in [1.807, 2.05) is 0 Å². The van der Waals surface area contributed by atoms with E-state index in [0.29, 0.717) is 24.2 Å². The number of primary amides is 1. The molecular weight excluding hydrogens is 406 g/mol. The topological polar surface area (TPSA) is 107 Å². The van der Waals surface area contributed by atoms with Crippen LogP contribution in [0.15, 0.2) is 0 Å². The average molecular weight is 450 g/mol. The van der Waals surface area contributed by atoms with E-state index in [1.165, 1.54) is 45.2 Å².